The molecule has 2 aliphatic rings. The second kappa shape index (κ2) is 4.96. The Labute approximate surface area is 115 Å². The lowest BCUT2D eigenvalue weighted by Gasteiger charge is -2.11. The van der Waals surface area contributed by atoms with Crippen molar-refractivity contribution in [1.29, 1.82) is 0 Å². The maximum absolute atomic E-state index is 12.1. The van der Waals surface area contributed by atoms with Crippen LogP contribution in [0.2, 0.25) is 0 Å². The number of fused-ring (bicyclic) bond motifs is 1. The van der Waals surface area contributed by atoms with Crippen LogP contribution in [0.15, 0.2) is 6.07 Å². The van der Waals surface area contributed by atoms with Crippen molar-refractivity contribution < 1.29 is 14.7 Å². The number of nitrogens with one attached hydrogen (secondary N) is 1. The number of hydrogen-bond acceptors (Lipinski definition) is 3. The summed E-state index contributed by atoms with van der Waals surface area (Å²) in [7, 11) is 0. The van der Waals surface area contributed by atoms with E-state index in [1.165, 1.54) is 16.9 Å². The Bertz CT molecular complexity index is 501. The molecule has 1 aromatic rings. The van der Waals surface area contributed by atoms with Gasteiger partial charge in [0.2, 0.25) is 0 Å². The van der Waals surface area contributed by atoms with Gasteiger partial charge in [-0.25, -0.2) is 0 Å². The van der Waals surface area contributed by atoms with Crippen molar-refractivity contribution >= 4 is 23.2 Å². The molecule has 1 saturated carbocycles. The van der Waals surface area contributed by atoms with E-state index in [2.05, 4.69) is 5.32 Å². The third kappa shape index (κ3) is 2.52. The van der Waals surface area contributed by atoms with Crippen LogP contribution >= 0.6 is 11.3 Å². The molecule has 0 saturated heterocycles. The number of carboxylic acid groups (broad SMARTS) is 1. The van der Waals surface area contributed by atoms with Crippen LogP contribution in [0.25, 0.3) is 0 Å². The number of aryl methyl sites for hydroxylation is 2. The van der Waals surface area contributed by atoms with Gasteiger partial charge in [-0.1, -0.05) is 0 Å². The highest BCUT2D eigenvalue weighted by Gasteiger charge is 2.31. The Hall–Kier alpha value is -1.36. The molecule has 2 aliphatic carbocycles. The van der Waals surface area contributed by atoms with E-state index in [0.29, 0.717) is 12.8 Å². The SMILES string of the molecule is O=C(NC1CCC(C(=O)O)C1)c1cc2c(s1)CCC2. The molecule has 1 heterocycles. The summed E-state index contributed by atoms with van der Waals surface area (Å²) >= 11 is 1.59. The van der Waals surface area contributed by atoms with E-state index in [4.69, 9.17) is 5.11 Å². The second-order valence-corrected chi connectivity index (χ2v) is 6.57. The van der Waals surface area contributed by atoms with Crippen LogP contribution in [0.1, 0.15) is 45.8 Å². The number of carboxylic acids is 1. The summed E-state index contributed by atoms with van der Waals surface area (Å²) in [5.74, 6) is -1.07. The van der Waals surface area contributed by atoms with Gasteiger partial charge in [0.15, 0.2) is 0 Å². The molecule has 2 N–H and O–H groups in total. The molecule has 2 atom stereocenters. The Morgan fingerprint density at radius 3 is 2.84 bits per heavy atom. The highest BCUT2D eigenvalue weighted by molar-refractivity contribution is 7.14. The number of hydrogen-bond donors (Lipinski definition) is 2. The van der Waals surface area contributed by atoms with Gasteiger partial charge in [-0.2, -0.15) is 0 Å². The van der Waals surface area contributed by atoms with E-state index in [-0.39, 0.29) is 17.9 Å². The number of aliphatic carboxylic acids is 1. The van der Waals surface area contributed by atoms with E-state index in [0.717, 1.165) is 24.1 Å². The second-order valence-electron chi connectivity index (χ2n) is 5.43. The molecule has 1 fully saturated rings. The van der Waals surface area contributed by atoms with Crippen LogP contribution in [0.4, 0.5) is 0 Å². The van der Waals surface area contributed by atoms with Crippen molar-refractivity contribution in [3.8, 4) is 0 Å². The fraction of sp³-hybridized carbons (Fsp3) is 0.571. The molecule has 102 valence electrons. The maximum Gasteiger partial charge on any atom is 0.306 e. The van der Waals surface area contributed by atoms with Crippen LogP contribution in [0.5, 0.6) is 0 Å². The average molecular weight is 279 g/mol. The van der Waals surface area contributed by atoms with E-state index >= 15 is 0 Å². The molecule has 0 bridgehead atoms. The highest BCUT2D eigenvalue weighted by atomic mass is 32.1. The maximum atomic E-state index is 12.1. The molecular weight excluding hydrogens is 262 g/mol. The predicted molar refractivity (Wildman–Crippen MR) is 72.6 cm³/mol. The van der Waals surface area contributed by atoms with E-state index in [1.54, 1.807) is 11.3 Å². The number of amides is 1. The lowest BCUT2D eigenvalue weighted by atomic mass is 10.1. The van der Waals surface area contributed by atoms with Crippen molar-refractivity contribution in [3.63, 3.8) is 0 Å². The first-order valence-electron chi connectivity index (χ1n) is 6.78. The summed E-state index contributed by atoms with van der Waals surface area (Å²) in [6.45, 7) is 0. The molecule has 0 aromatic carbocycles. The Morgan fingerprint density at radius 2 is 2.16 bits per heavy atom. The summed E-state index contributed by atoms with van der Waals surface area (Å²) in [5, 5.41) is 11.9. The lowest BCUT2D eigenvalue weighted by Crippen LogP contribution is -2.32. The number of carbonyl (C=O) groups is 2. The summed E-state index contributed by atoms with van der Waals surface area (Å²) in [5.41, 5.74) is 1.32. The van der Waals surface area contributed by atoms with Gasteiger partial charge in [-0.3, -0.25) is 9.59 Å². The molecule has 2 unspecified atom stereocenters. The van der Waals surface area contributed by atoms with E-state index in [1.807, 2.05) is 6.07 Å². The topological polar surface area (TPSA) is 66.4 Å². The summed E-state index contributed by atoms with van der Waals surface area (Å²) in [6.07, 6.45) is 5.38. The van der Waals surface area contributed by atoms with Gasteiger partial charge < -0.3 is 10.4 Å². The number of thiophene rings is 1. The molecule has 4 nitrogen and oxygen atoms in total. The third-order valence-corrected chi connectivity index (χ3v) is 5.32. The molecule has 19 heavy (non-hydrogen) atoms. The fourth-order valence-corrected chi connectivity index (χ4v) is 4.19. The smallest absolute Gasteiger partial charge is 0.306 e. The molecule has 0 radical (unpaired) electrons. The van der Waals surface area contributed by atoms with Gasteiger partial charge in [0.05, 0.1) is 10.8 Å². The normalized spacial score (nSPS) is 25.3. The van der Waals surface area contributed by atoms with Gasteiger partial charge in [0.25, 0.3) is 5.91 Å². The van der Waals surface area contributed by atoms with Crippen LogP contribution in [0, 0.1) is 5.92 Å². The van der Waals surface area contributed by atoms with Gasteiger partial charge in [0, 0.05) is 10.9 Å². The Morgan fingerprint density at radius 1 is 1.32 bits per heavy atom. The molecule has 1 amide bonds. The number of rotatable bonds is 3. The van der Waals surface area contributed by atoms with Crippen molar-refractivity contribution in [1.82, 2.24) is 5.32 Å². The van der Waals surface area contributed by atoms with Crippen molar-refractivity contribution in [2.45, 2.75) is 44.6 Å². The quantitative estimate of drug-likeness (QED) is 0.891. The average Bonchev–Trinajstić information content (AvgIpc) is 3.02. The molecule has 0 spiro atoms. The van der Waals surface area contributed by atoms with Gasteiger partial charge in [0.1, 0.15) is 0 Å². The minimum Gasteiger partial charge on any atom is -0.481 e. The van der Waals surface area contributed by atoms with Crippen molar-refractivity contribution in [2.75, 3.05) is 0 Å². The van der Waals surface area contributed by atoms with Crippen molar-refractivity contribution in [2.24, 2.45) is 5.92 Å². The third-order valence-electron chi connectivity index (χ3n) is 4.09. The first-order chi connectivity index (χ1) is 9.13. The van der Waals surface area contributed by atoms with Gasteiger partial charge >= 0.3 is 5.97 Å². The zero-order valence-electron chi connectivity index (χ0n) is 10.6. The van der Waals surface area contributed by atoms with Crippen LogP contribution in [0.3, 0.4) is 0 Å². The monoisotopic (exact) mass is 279 g/mol. The van der Waals surface area contributed by atoms with Crippen LogP contribution < -0.4 is 5.32 Å². The highest BCUT2D eigenvalue weighted by Crippen LogP contribution is 2.31. The Balaban J connectivity index is 1.61. The van der Waals surface area contributed by atoms with Crippen LogP contribution in [-0.2, 0) is 17.6 Å². The standard InChI is InChI=1S/C14H17NO3S/c16-13(12-7-8-2-1-3-11(8)19-12)15-10-5-4-9(6-10)14(17)18/h7,9-10H,1-6H2,(H,15,16)(H,17,18). The summed E-state index contributed by atoms with van der Waals surface area (Å²) in [4.78, 5) is 25.1. The van der Waals surface area contributed by atoms with Crippen molar-refractivity contribution in [3.05, 3.63) is 21.4 Å². The molecule has 1 aromatic heterocycles. The van der Waals surface area contributed by atoms with E-state index in [9.17, 15) is 9.59 Å². The largest absolute Gasteiger partial charge is 0.481 e. The first kappa shape index (κ1) is 12.7. The Kier molecular flexibility index (Phi) is 3.31. The van der Waals surface area contributed by atoms with Crippen LogP contribution in [-0.4, -0.2) is 23.0 Å². The lowest BCUT2D eigenvalue weighted by molar-refractivity contribution is -0.141. The zero-order chi connectivity index (χ0) is 13.4. The predicted octanol–water partition coefficient (Wildman–Crippen LogP) is 2.22. The molecular formula is C14H17NO3S. The number of carbonyl (C=O) groups excluding carboxylic acids is 1. The summed E-state index contributed by atoms with van der Waals surface area (Å²) < 4.78 is 0. The van der Waals surface area contributed by atoms with Gasteiger partial charge in [-0.15, -0.1) is 11.3 Å². The molecule has 3 rings (SSSR count). The van der Waals surface area contributed by atoms with Gasteiger partial charge in [-0.05, 0) is 50.2 Å². The fourth-order valence-electron chi connectivity index (χ4n) is 3.03. The minimum atomic E-state index is -0.744. The van der Waals surface area contributed by atoms with E-state index < -0.39 is 5.97 Å². The first-order valence-corrected chi connectivity index (χ1v) is 7.60. The molecule has 5 heteroatoms. The molecule has 0 aliphatic heterocycles. The zero-order valence-corrected chi connectivity index (χ0v) is 11.5. The summed E-state index contributed by atoms with van der Waals surface area (Å²) in [6, 6.07) is 2.02. The minimum absolute atomic E-state index is 0.0190.